The van der Waals surface area contributed by atoms with Crippen molar-refractivity contribution in [3.63, 3.8) is 0 Å². The Kier molecular flexibility index (Phi) is 5.18. The lowest BCUT2D eigenvalue weighted by Crippen LogP contribution is -2.30. The lowest BCUT2D eigenvalue weighted by Gasteiger charge is -2.31. The average molecular weight is 250 g/mol. The highest BCUT2D eigenvalue weighted by Gasteiger charge is 2.35. The molecule has 0 spiro atoms. The zero-order chi connectivity index (χ0) is 13.8. The van der Waals surface area contributed by atoms with Crippen LogP contribution in [0.25, 0.3) is 0 Å². The molecule has 0 saturated heterocycles. The van der Waals surface area contributed by atoms with Crippen molar-refractivity contribution in [2.24, 2.45) is 11.3 Å². The van der Waals surface area contributed by atoms with Crippen molar-refractivity contribution in [1.82, 2.24) is 0 Å². The van der Waals surface area contributed by atoms with Gasteiger partial charge in [-0.25, -0.2) is 0 Å². The summed E-state index contributed by atoms with van der Waals surface area (Å²) in [6, 6.07) is 0. The van der Waals surface area contributed by atoms with Crippen LogP contribution in [0.3, 0.4) is 0 Å². The summed E-state index contributed by atoms with van der Waals surface area (Å²) in [5.74, 6) is -0.388. The van der Waals surface area contributed by atoms with Crippen LogP contribution < -0.4 is 0 Å². The van der Waals surface area contributed by atoms with E-state index in [2.05, 4.69) is 26.0 Å². The molecular formula is C16H26O2. The number of hydrogen-bond acceptors (Lipinski definition) is 1. The van der Waals surface area contributed by atoms with Crippen molar-refractivity contribution in [2.45, 2.75) is 59.8 Å². The predicted molar refractivity (Wildman–Crippen MR) is 75.5 cm³/mol. The zero-order valence-corrected chi connectivity index (χ0v) is 12.1. The van der Waals surface area contributed by atoms with Crippen LogP contribution in [-0.4, -0.2) is 11.1 Å². The molecule has 0 bridgehead atoms. The molecule has 102 valence electrons. The molecule has 0 fully saturated rings. The molecular weight excluding hydrogens is 224 g/mol. The van der Waals surface area contributed by atoms with E-state index in [1.54, 1.807) is 0 Å². The predicted octanol–water partition coefficient (Wildman–Crippen LogP) is 4.57. The Bertz CT molecular complexity index is 361. The van der Waals surface area contributed by atoms with Crippen molar-refractivity contribution in [2.75, 3.05) is 0 Å². The fraction of sp³-hybridized carbons (Fsp3) is 0.688. The summed E-state index contributed by atoms with van der Waals surface area (Å²) < 4.78 is 0. The lowest BCUT2D eigenvalue weighted by molar-refractivity contribution is -0.145. The van der Waals surface area contributed by atoms with Gasteiger partial charge in [-0.15, -0.1) is 0 Å². The molecule has 1 unspecified atom stereocenters. The number of carboxylic acid groups (broad SMARTS) is 1. The van der Waals surface area contributed by atoms with Gasteiger partial charge in [-0.1, -0.05) is 50.0 Å². The normalized spacial score (nSPS) is 20.3. The minimum Gasteiger partial charge on any atom is -0.481 e. The van der Waals surface area contributed by atoms with Crippen LogP contribution in [0.15, 0.2) is 23.3 Å². The highest BCUT2D eigenvalue weighted by molar-refractivity contribution is 5.78. The molecule has 1 aliphatic carbocycles. The fourth-order valence-corrected chi connectivity index (χ4v) is 2.53. The Hall–Kier alpha value is -1.05. The van der Waals surface area contributed by atoms with Crippen molar-refractivity contribution in [3.8, 4) is 0 Å². The van der Waals surface area contributed by atoms with Crippen molar-refractivity contribution < 1.29 is 9.90 Å². The van der Waals surface area contributed by atoms with E-state index < -0.39 is 11.4 Å². The monoisotopic (exact) mass is 250 g/mol. The van der Waals surface area contributed by atoms with Crippen LogP contribution in [0.2, 0.25) is 0 Å². The Morgan fingerprint density at radius 3 is 2.67 bits per heavy atom. The number of carboxylic acids is 1. The maximum atomic E-state index is 11.4. The van der Waals surface area contributed by atoms with E-state index in [4.69, 9.17) is 0 Å². The van der Waals surface area contributed by atoms with Gasteiger partial charge in [-0.05, 0) is 39.0 Å². The molecule has 2 nitrogen and oxygen atoms in total. The quantitative estimate of drug-likeness (QED) is 0.701. The Labute approximate surface area is 111 Å². The molecule has 1 atom stereocenters. The van der Waals surface area contributed by atoms with Gasteiger partial charge >= 0.3 is 5.97 Å². The van der Waals surface area contributed by atoms with E-state index in [0.29, 0.717) is 5.92 Å². The van der Waals surface area contributed by atoms with Crippen LogP contribution in [0.1, 0.15) is 59.8 Å². The standard InChI is InChI=1S/C16H26O2/c1-5-6-7-8-13-10-9-12(2)14(11-13)16(3,4)15(17)18/h10-12H,5-9H2,1-4H3,(H,17,18). The smallest absolute Gasteiger partial charge is 0.313 e. The molecule has 0 aliphatic heterocycles. The summed E-state index contributed by atoms with van der Waals surface area (Å²) in [6.07, 6.45) is 10.1. The second-order valence-corrected chi connectivity index (χ2v) is 5.90. The van der Waals surface area contributed by atoms with Crippen LogP contribution in [-0.2, 0) is 4.79 Å². The number of rotatable bonds is 6. The summed E-state index contributed by atoms with van der Waals surface area (Å²) in [5, 5.41) is 9.35. The minimum absolute atomic E-state index is 0.339. The number of allylic oxidation sites excluding steroid dienone is 3. The molecule has 2 heteroatoms. The molecule has 0 aromatic carbocycles. The number of hydrogen-bond donors (Lipinski definition) is 1. The van der Waals surface area contributed by atoms with E-state index >= 15 is 0 Å². The molecule has 1 N–H and O–H groups in total. The van der Waals surface area contributed by atoms with Crippen LogP contribution in [0, 0.1) is 11.3 Å². The molecule has 0 radical (unpaired) electrons. The van der Waals surface area contributed by atoms with E-state index in [0.717, 1.165) is 18.4 Å². The summed E-state index contributed by atoms with van der Waals surface area (Å²) in [6.45, 7) is 7.95. The highest BCUT2D eigenvalue weighted by Crippen LogP contribution is 2.38. The van der Waals surface area contributed by atoms with Crippen LogP contribution >= 0.6 is 0 Å². The molecule has 1 rings (SSSR count). The molecule has 0 aromatic heterocycles. The average Bonchev–Trinajstić information content (AvgIpc) is 2.31. The second kappa shape index (κ2) is 6.21. The number of unbranched alkanes of at least 4 members (excludes halogenated alkanes) is 2. The lowest BCUT2D eigenvalue weighted by atomic mass is 9.73. The Balaban J connectivity index is 2.82. The molecule has 0 aromatic rings. The van der Waals surface area contributed by atoms with Gasteiger partial charge in [-0.2, -0.15) is 0 Å². The summed E-state index contributed by atoms with van der Waals surface area (Å²) >= 11 is 0. The van der Waals surface area contributed by atoms with E-state index in [1.165, 1.54) is 24.8 Å². The van der Waals surface area contributed by atoms with Crippen molar-refractivity contribution in [3.05, 3.63) is 23.3 Å². The molecule has 18 heavy (non-hydrogen) atoms. The highest BCUT2D eigenvalue weighted by atomic mass is 16.4. The third-order valence-corrected chi connectivity index (χ3v) is 3.93. The largest absolute Gasteiger partial charge is 0.481 e. The first-order valence-electron chi connectivity index (χ1n) is 7.04. The van der Waals surface area contributed by atoms with Crippen molar-refractivity contribution in [1.29, 1.82) is 0 Å². The van der Waals surface area contributed by atoms with E-state index in [1.807, 2.05) is 13.8 Å². The first-order chi connectivity index (χ1) is 8.39. The Morgan fingerprint density at radius 2 is 2.11 bits per heavy atom. The maximum Gasteiger partial charge on any atom is 0.313 e. The summed E-state index contributed by atoms with van der Waals surface area (Å²) in [4.78, 5) is 11.4. The summed E-state index contributed by atoms with van der Waals surface area (Å²) in [5.41, 5.74) is 1.65. The summed E-state index contributed by atoms with van der Waals surface area (Å²) in [7, 11) is 0. The molecule has 0 heterocycles. The van der Waals surface area contributed by atoms with Gasteiger partial charge in [0.15, 0.2) is 0 Å². The van der Waals surface area contributed by atoms with Crippen LogP contribution in [0.4, 0.5) is 0 Å². The number of aliphatic carboxylic acids is 1. The maximum absolute atomic E-state index is 11.4. The fourth-order valence-electron chi connectivity index (χ4n) is 2.53. The van der Waals surface area contributed by atoms with E-state index in [9.17, 15) is 9.90 Å². The van der Waals surface area contributed by atoms with Crippen LogP contribution in [0.5, 0.6) is 0 Å². The van der Waals surface area contributed by atoms with E-state index in [-0.39, 0.29) is 0 Å². The first kappa shape index (κ1) is 15.0. The van der Waals surface area contributed by atoms with Gasteiger partial charge in [-0.3, -0.25) is 4.79 Å². The third-order valence-electron chi connectivity index (χ3n) is 3.93. The molecule has 1 aliphatic rings. The topological polar surface area (TPSA) is 37.3 Å². The van der Waals surface area contributed by atoms with Crippen molar-refractivity contribution >= 4 is 5.97 Å². The van der Waals surface area contributed by atoms with Gasteiger partial charge < -0.3 is 5.11 Å². The first-order valence-corrected chi connectivity index (χ1v) is 7.04. The molecule has 0 saturated carbocycles. The zero-order valence-electron chi connectivity index (χ0n) is 12.1. The second-order valence-electron chi connectivity index (χ2n) is 5.90. The van der Waals surface area contributed by atoms with Gasteiger partial charge in [0.25, 0.3) is 0 Å². The van der Waals surface area contributed by atoms with Gasteiger partial charge in [0.2, 0.25) is 0 Å². The third kappa shape index (κ3) is 3.47. The van der Waals surface area contributed by atoms with Gasteiger partial charge in [0.05, 0.1) is 5.41 Å². The molecule has 0 amide bonds. The SMILES string of the molecule is CCCCCC1=CCC(C)C(C(C)(C)C(=O)O)=C1. The Morgan fingerprint density at radius 1 is 1.44 bits per heavy atom. The van der Waals surface area contributed by atoms with Gasteiger partial charge in [0.1, 0.15) is 0 Å². The number of carbonyl (C=O) groups is 1. The minimum atomic E-state index is -0.746. The van der Waals surface area contributed by atoms with Gasteiger partial charge in [0, 0.05) is 0 Å².